The van der Waals surface area contributed by atoms with Gasteiger partial charge < -0.3 is 4.90 Å². The summed E-state index contributed by atoms with van der Waals surface area (Å²) >= 11 is 0. The molecule has 0 saturated carbocycles. The van der Waals surface area contributed by atoms with Crippen LogP contribution in [0.5, 0.6) is 0 Å². The molecule has 0 rings (SSSR count). The second-order valence-corrected chi connectivity index (χ2v) is 5.78. The Balaban J connectivity index is 3.92. The summed E-state index contributed by atoms with van der Waals surface area (Å²) in [5.74, 6) is 0. The molecule has 1 atom stereocenters. The van der Waals surface area contributed by atoms with Crippen molar-refractivity contribution in [3.8, 4) is 6.07 Å². The molecule has 3 nitrogen and oxygen atoms in total. The third-order valence-corrected chi connectivity index (χ3v) is 4.02. The standard InChI is InChI=1S/C16H33N3/c1-6-12-18-16(4,14-17)11-9-10-13-19(5)15(7-2)8-3/h15,18H,6-13H2,1-5H3. The van der Waals surface area contributed by atoms with Gasteiger partial charge in [0.15, 0.2) is 0 Å². The van der Waals surface area contributed by atoms with Crippen LogP contribution in [0.15, 0.2) is 0 Å². The van der Waals surface area contributed by atoms with E-state index >= 15 is 0 Å². The number of nitrogens with zero attached hydrogens (tertiary/aromatic N) is 2. The Hall–Kier alpha value is -0.590. The van der Waals surface area contributed by atoms with Crippen LogP contribution < -0.4 is 5.32 Å². The van der Waals surface area contributed by atoms with Gasteiger partial charge in [0.1, 0.15) is 5.54 Å². The van der Waals surface area contributed by atoms with Crippen LogP contribution in [0.2, 0.25) is 0 Å². The second kappa shape index (κ2) is 10.2. The predicted molar refractivity (Wildman–Crippen MR) is 83.2 cm³/mol. The molecular formula is C16H33N3. The Morgan fingerprint density at radius 1 is 1.21 bits per heavy atom. The number of nitrogens with one attached hydrogen (secondary N) is 1. The van der Waals surface area contributed by atoms with Gasteiger partial charge in [-0.05, 0) is 65.6 Å². The van der Waals surface area contributed by atoms with E-state index in [0.717, 1.165) is 32.4 Å². The summed E-state index contributed by atoms with van der Waals surface area (Å²) in [5.41, 5.74) is -0.344. The summed E-state index contributed by atoms with van der Waals surface area (Å²) in [4.78, 5) is 2.46. The number of hydrogen-bond donors (Lipinski definition) is 1. The Kier molecular flexibility index (Phi) is 9.91. The minimum absolute atomic E-state index is 0.344. The molecule has 0 fully saturated rings. The first-order valence-electron chi connectivity index (χ1n) is 7.89. The molecule has 0 aliphatic rings. The third-order valence-electron chi connectivity index (χ3n) is 4.02. The van der Waals surface area contributed by atoms with E-state index in [-0.39, 0.29) is 5.54 Å². The average Bonchev–Trinajstić information content (AvgIpc) is 2.43. The van der Waals surface area contributed by atoms with Gasteiger partial charge in [-0.3, -0.25) is 5.32 Å². The van der Waals surface area contributed by atoms with Crippen LogP contribution >= 0.6 is 0 Å². The van der Waals surface area contributed by atoms with Gasteiger partial charge >= 0.3 is 0 Å². The molecule has 1 N–H and O–H groups in total. The van der Waals surface area contributed by atoms with E-state index in [1.54, 1.807) is 0 Å². The summed E-state index contributed by atoms with van der Waals surface area (Å²) in [6, 6.07) is 3.13. The zero-order valence-electron chi connectivity index (χ0n) is 13.6. The average molecular weight is 267 g/mol. The Labute approximate surface area is 120 Å². The van der Waals surface area contributed by atoms with Gasteiger partial charge in [0.25, 0.3) is 0 Å². The lowest BCUT2D eigenvalue weighted by Crippen LogP contribution is -2.41. The van der Waals surface area contributed by atoms with Gasteiger partial charge in [-0.2, -0.15) is 5.26 Å². The minimum Gasteiger partial charge on any atom is -0.303 e. The highest BCUT2D eigenvalue weighted by molar-refractivity contribution is 5.03. The molecule has 0 amide bonds. The predicted octanol–water partition coefficient (Wildman–Crippen LogP) is 3.56. The molecule has 0 spiro atoms. The highest BCUT2D eigenvalue weighted by Gasteiger charge is 2.21. The molecule has 0 aromatic heterocycles. The van der Waals surface area contributed by atoms with Crippen molar-refractivity contribution in [2.75, 3.05) is 20.1 Å². The smallest absolute Gasteiger partial charge is 0.103 e. The summed E-state index contributed by atoms with van der Waals surface area (Å²) < 4.78 is 0. The fourth-order valence-corrected chi connectivity index (χ4v) is 2.52. The number of rotatable bonds is 11. The fraction of sp³-hybridized carbons (Fsp3) is 0.938. The highest BCUT2D eigenvalue weighted by atomic mass is 15.1. The van der Waals surface area contributed by atoms with E-state index in [1.165, 1.54) is 19.3 Å². The molecule has 0 radical (unpaired) electrons. The van der Waals surface area contributed by atoms with Crippen LogP contribution in [0, 0.1) is 11.3 Å². The van der Waals surface area contributed by atoms with E-state index in [9.17, 15) is 5.26 Å². The molecule has 0 saturated heterocycles. The quantitative estimate of drug-likeness (QED) is 0.582. The zero-order chi connectivity index (χ0) is 14.7. The van der Waals surface area contributed by atoms with Gasteiger partial charge in [-0.1, -0.05) is 20.8 Å². The highest BCUT2D eigenvalue weighted by Crippen LogP contribution is 2.14. The van der Waals surface area contributed by atoms with Crippen molar-refractivity contribution in [2.45, 2.75) is 77.8 Å². The molecule has 1 unspecified atom stereocenters. The topological polar surface area (TPSA) is 39.1 Å². The maximum atomic E-state index is 9.26. The van der Waals surface area contributed by atoms with Crippen LogP contribution in [0.3, 0.4) is 0 Å². The van der Waals surface area contributed by atoms with Crippen molar-refractivity contribution in [2.24, 2.45) is 0 Å². The van der Waals surface area contributed by atoms with Gasteiger partial charge in [-0.25, -0.2) is 0 Å². The first kappa shape index (κ1) is 18.4. The molecule has 0 aromatic rings. The van der Waals surface area contributed by atoms with Crippen LogP contribution in [-0.4, -0.2) is 36.6 Å². The van der Waals surface area contributed by atoms with Crippen molar-refractivity contribution in [3.63, 3.8) is 0 Å². The normalized spacial score (nSPS) is 14.6. The molecule has 0 bridgehead atoms. The molecular weight excluding hydrogens is 234 g/mol. The largest absolute Gasteiger partial charge is 0.303 e. The van der Waals surface area contributed by atoms with Crippen molar-refractivity contribution < 1.29 is 0 Å². The van der Waals surface area contributed by atoms with E-state index < -0.39 is 0 Å². The summed E-state index contributed by atoms with van der Waals surface area (Å²) in [6.45, 7) is 10.7. The maximum Gasteiger partial charge on any atom is 0.103 e. The Bertz CT molecular complexity index is 255. The van der Waals surface area contributed by atoms with Crippen molar-refractivity contribution >= 4 is 0 Å². The van der Waals surface area contributed by atoms with Crippen molar-refractivity contribution in [3.05, 3.63) is 0 Å². The van der Waals surface area contributed by atoms with E-state index in [2.05, 4.69) is 44.1 Å². The monoisotopic (exact) mass is 267 g/mol. The van der Waals surface area contributed by atoms with E-state index in [1.807, 2.05) is 6.92 Å². The van der Waals surface area contributed by atoms with Gasteiger partial charge in [-0.15, -0.1) is 0 Å². The second-order valence-electron chi connectivity index (χ2n) is 5.78. The van der Waals surface area contributed by atoms with Gasteiger partial charge in [0, 0.05) is 6.04 Å². The minimum atomic E-state index is -0.344. The van der Waals surface area contributed by atoms with Gasteiger partial charge in [0.05, 0.1) is 6.07 Å². The van der Waals surface area contributed by atoms with Gasteiger partial charge in [0.2, 0.25) is 0 Å². The molecule has 0 aliphatic heterocycles. The number of hydrogen-bond acceptors (Lipinski definition) is 3. The van der Waals surface area contributed by atoms with Crippen molar-refractivity contribution in [1.29, 1.82) is 5.26 Å². The maximum absolute atomic E-state index is 9.26. The van der Waals surface area contributed by atoms with E-state index in [0.29, 0.717) is 6.04 Å². The Morgan fingerprint density at radius 3 is 2.32 bits per heavy atom. The molecule has 0 heterocycles. The fourth-order valence-electron chi connectivity index (χ4n) is 2.52. The summed E-state index contributed by atoms with van der Waals surface area (Å²) in [7, 11) is 2.22. The third kappa shape index (κ3) is 7.54. The number of unbranched alkanes of at least 4 members (excludes halogenated alkanes) is 1. The van der Waals surface area contributed by atoms with Crippen LogP contribution in [0.25, 0.3) is 0 Å². The molecule has 0 aromatic carbocycles. The van der Waals surface area contributed by atoms with E-state index in [4.69, 9.17) is 0 Å². The zero-order valence-corrected chi connectivity index (χ0v) is 13.6. The first-order chi connectivity index (χ1) is 9.02. The van der Waals surface area contributed by atoms with Crippen molar-refractivity contribution in [1.82, 2.24) is 10.2 Å². The molecule has 0 aliphatic carbocycles. The molecule has 19 heavy (non-hydrogen) atoms. The summed E-state index contributed by atoms with van der Waals surface area (Å²) in [5, 5.41) is 12.6. The first-order valence-corrected chi connectivity index (χ1v) is 7.89. The molecule has 112 valence electrons. The summed E-state index contributed by atoms with van der Waals surface area (Å²) in [6.07, 6.45) is 6.76. The molecule has 3 heteroatoms. The Morgan fingerprint density at radius 2 is 1.84 bits per heavy atom. The van der Waals surface area contributed by atoms with Crippen LogP contribution in [-0.2, 0) is 0 Å². The lowest BCUT2D eigenvalue weighted by Gasteiger charge is -2.27. The van der Waals surface area contributed by atoms with Crippen LogP contribution in [0.4, 0.5) is 0 Å². The number of nitriles is 1. The SMILES string of the molecule is CCCNC(C)(C#N)CCCCN(C)C(CC)CC. The lowest BCUT2D eigenvalue weighted by atomic mass is 9.96. The lowest BCUT2D eigenvalue weighted by molar-refractivity contribution is 0.222. The van der Waals surface area contributed by atoms with Crippen LogP contribution in [0.1, 0.15) is 66.2 Å².